The SMILES string of the molecule is [C-]#[N+]/N=C(/N)NC[C@H](NC(=O)c1c(Cl)cc2c(c1Cl)CCN(C(=O)c1ccc3cn[nH]c3c1)C2)C(=O)O. The van der Waals surface area contributed by atoms with Gasteiger partial charge >= 0.3 is 5.97 Å². The number of H-pyrrole nitrogens is 1. The molecule has 37 heavy (non-hydrogen) atoms. The van der Waals surface area contributed by atoms with E-state index in [4.69, 9.17) is 35.5 Å². The van der Waals surface area contributed by atoms with Crippen LogP contribution in [-0.2, 0) is 17.8 Å². The Labute approximate surface area is 220 Å². The van der Waals surface area contributed by atoms with Crippen molar-refractivity contribution >= 4 is 57.8 Å². The monoisotopic (exact) mass is 542 g/mol. The molecule has 190 valence electrons. The molecule has 0 radical (unpaired) electrons. The van der Waals surface area contributed by atoms with Gasteiger partial charge in [0.1, 0.15) is 11.1 Å². The Balaban J connectivity index is 1.52. The number of halogens is 2. The molecule has 12 nitrogen and oxygen atoms in total. The Morgan fingerprint density at radius 3 is 2.84 bits per heavy atom. The maximum Gasteiger partial charge on any atom is 0.328 e. The molecule has 14 heteroatoms. The second kappa shape index (κ2) is 10.7. The number of nitrogens with two attached hydrogens (primary N) is 1. The van der Waals surface area contributed by atoms with E-state index in [0.717, 1.165) is 10.9 Å². The molecule has 4 rings (SSSR count). The summed E-state index contributed by atoms with van der Waals surface area (Å²) in [5.74, 6) is -2.60. The van der Waals surface area contributed by atoms with Gasteiger partial charge in [-0.15, -0.1) is 4.95 Å². The number of aliphatic carboxylic acids is 1. The largest absolute Gasteiger partial charge is 0.480 e. The molecule has 2 aromatic carbocycles. The lowest BCUT2D eigenvalue weighted by atomic mass is 9.96. The third-order valence-corrected chi connectivity index (χ3v) is 6.57. The number of amides is 2. The maximum atomic E-state index is 13.1. The molecule has 2 heterocycles. The Bertz CT molecular complexity index is 1480. The van der Waals surface area contributed by atoms with Crippen molar-refractivity contribution in [2.75, 3.05) is 13.1 Å². The normalized spacial score (nSPS) is 14.0. The minimum absolute atomic E-state index is 0.0145. The highest BCUT2D eigenvalue weighted by atomic mass is 35.5. The molecule has 0 saturated heterocycles. The van der Waals surface area contributed by atoms with E-state index in [1.54, 1.807) is 29.3 Å². The van der Waals surface area contributed by atoms with Crippen molar-refractivity contribution < 1.29 is 19.5 Å². The topological polar surface area (TPSA) is 170 Å². The molecule has 0 aliphatic carbocycles. The number of carbonyl (C=O) groups excluding carboxylic acids is 2. The predicted octanol–water partition coefficient (Wildman–Crippen LogP) is 1.99. The molecule has 0 saturated carbocycles. The zero-order chi connectivity index (χ0) is 26.7. The van der Waals surface area contributed by atoms with E-state index in [2.05, 4.69) is 30.9 Å². The zero-order valence-electron chi connectivity index (χ0n) is 19.1. The number of aromatic nitrogens is 2. The first kappa shape index (κ1) is 25.7. The number of carboxylic acid groups (broad SMARTS) is 1. The molecule has 0 spiro atoms. The summed E-state index contributed by atoms with van der Waals surface area (Å²) in [6.07, 6.45) is 2.05. The molecule has 1 aliphatic rings. The second-order valence-electron chi connectivity index (χ2n) is 8.16. The van der Waals surface area contributed by atoms with Crippen molar-refractivity contribution in [1.29, 1.82) is 0 Å². The summed E-state index contributed by atoms with van der Waals surface area (Å²) in [5.41, 5.74) is 7.96. The lowest BCUT2D eigenvalue weighted by molar-refractivity contribution is -0.139. The molecule has 0 unspecified atom stereocenters. The Morgan fingerprint density at radius 2 is 2.11 bits per heavy atom. The smallest absolute Gasteiger partial charge is 0.328 e. The number of hydrogen-bond donors (Lipinski definition) is 5. The fraction of sp³-hybridized carbons (Fsp3) is 0.217. The Kier molecular flexibility index (Phi) is 7.47. The fourth-order valence-electron chi connectivity index (χ4n) is 4.01. The summed E-state index contributed by atoms with van der Waals surface area (Å²) in [4.78, 5) is 42.1. The number of fused-ring (bicyclic) bond motifs is 2. The number of carbonyl (C=O) groups is 3. The quantitative estimate of drug-likeness (QED) is 0.137. The molecular formula is C23H20Cl2N8O4. The number of nitrogens with one attached hydrogen (secondary N) is 3. The van der Waals surface area contributed by atoms with Gasteiger partial charge in [0, 0.05) is 30.6 Å². The molecule has 1 atom stereocenters. The summed E-state index contributed by atoms with van der Waals surface area (Å²) in [6, 6.07) is 5.44. The van der Waals surface area contributed by atoms with Crippen LogP contribution in [0.2, 0.25) is 10.0 Å². The van der Waals surface area contributed by atoms with Crippen molar-refractivity contribution in [3.05, 3.63) is 74.3 Å². The van der Waals surface area contributed by atoms with E-state index in [-0.39, 0.29) is 40.6 Å². The molecule has 1 aromatic heterocycles. The lowest BCUT2D eigenvalue weighted by Gasteiger charge is -2.30. The number of hydrogen-bond acceptors (Lipinski definition) is 5. The van der Waals surface area contributed by atoms with Crippen LogP contribution in [0, 0.1) is 6.57 Å². The van der Waals surface area contributed by atoms with Crippen LogP contribution in [0.5, 0.6) is 0 Å². The van der Waals surface area contributed by atoms with Crippen molar-refractivity contribution in [2.24, 2.45) is 10.8 Å². The van der Waals surface area contributed by atoms with E-state index in [1.807, 2.05) is 6.07 Å². The molecule has 0 fully saturated rings. The predicted molar refractivity (Wildman–Crippen MR) is 136 cm³/mol. The number of aromatic amines is 1. The first-order valence-corrected chi connectivity index (χ1v) is 11.6. The van der Waals surface area contributed by atoms with Crippen molar-refractivity contribution in [3.8, 4) is 0 Å². The second-order valence-corrected chi connectivity index (χ2v) is 8.95. The van der Waals surface area contributed by atoms with Gasteiger partial charge in [-0.05, 0) is 35.7 Å². The van der Waals surface area contributed by atoms with Crippen LogP contribution in [0.25, 0.3) is 15.9 Å². The van der Waals surface area contributed by atoms with Crippen molar-refractivity contribution in [1.82, 2.24) is 25.7 Å². The van der Waals surface area contributed by atoms with Gasteiger partial charge in [-0.2, -0.15) is 11.7 Å². The Hall–Kier alpha value is -4.34. The molecule has 1 aliphatic heterocycles. The van der Waals surface area contributed by atoms with Gasteiger partial charge in [0.2, 0.25) is 0 Å². The highest BCUT2D eigenvalue weighted by Gasteiger charge is 2.29. The average molecular weight is 543 g/mol. The van der Waals surface area contributed by atoms with Gasteiger partial charge in [-0.25, -0.2) is 4.79 Å². The van der Waals surface area contributed by atoms with E-state index in [9.17, 15) is 19.5 Å². The van der Waals surface area contributed by atoms with Crippen LogP contribution in [-0.4, -0.2) is 63.1 Å². The van der Waals surface area contributed by atoms with Gasteiger partial charge in [-0.3, -0.25) is 14.7 Å². The average Bonchev–Trinajstić information content (AvgIpc) is 3.33. The summed E-state index contributed by atoms with van der Waals surface area (Å²) >= 11 is 13.0. The summed E-state index contributed by atoms with van der Waals surface area (Å²) in [6.45, 7) is 6.90. The highest BCUT2D eigenvalue weighted by Crippen LogP contribution is 2.35. The van der Waals surface area contributed by atoms with Crippen LogP contribution in [0.15, 0.2) is 35.6 Å². The van der Waals surface area contributed by atoms with Gasteiger partial charge < -0.3 is 26.4 Å². The summed E-state index contributed by atoms with van der Waals surface area (Å²) < 4.78 is 0. The van der Waals surface area contributed by atoms with E-state index >= 15 is 0 Å². The van der Waals surface area contributed by atoms with Gasteiger partial charge in [0.05, 0.1) is 27.3 Å². The number of carboxylic acids is 1. The van der Waals surface area contributed by atoms with Crippen LogP contribution < -0.4 is 16.4 Å². The first-order valence-electron chi connectivity index (χ1n) is 10.9. The number of guanidine groups is 1. The highest BCUT2D eigenvalue weighted by molar-refractivity contribution is 6.40. The number of rotatable bonds is 6. The third kappa shape index (κ3) is 5.42. The minimum Gasteiger partial charge on any atom is -0.480 e. The van der Waals surface area contributed by atoms with Crippen molar-refractivity contribution in [2.45, 2.75) is 19.0 Å². The van der Waals surface area contributed by atoms with Crippen LogP contribution in [0.1, 0.15) is 31.8 Å². The molecule has 3 aromatic rings. The number of benzene rings is 2. The zero-order valence-corrected chi connectivity index (χ0v) is 20.6. The van der Waals surface area contributed by atoms with Crippen LogP contribution >= 0.6 is 23.2 Å². The molecule has 6 N–H and O–H groups in total. The van der Waals surface area contributed by atoms with Crippen LogP contribution in [0.4, 0.5) is 0 Å². The summed E-state index contributed by atoms with van der Waals surface area (Å²) in [7, 11) is 0. The minimum atomic E-state index is -1.41. The Morgan fingerprint density at radius 1 is 1.32 bits per heavy atom. The summed E-state index contributed by atoms with van der Waals surface area (Å²) in [5, 5.41) is 25.3. The number of nitrogens with zero attached hydrogens (tertiary/aromatic N) is 4. The van der Waals surface area contributed by atoms with Gasteiger partial charge in [0.25, 0.3) is 17.8 Å². The third-order valence-electron chi connectivity index (χ3n) is 5.86. The maximum absolute atomic E-state index is 13.1. The molecule has 2 amide bonds. The van der Waals surface area contributed by atoms with E-state index < -0.39 is 17.9 Å². The molecular weight excluding hydrogens is 523 g/mol. The van der Waals surface area contributed by atoms with Crippen molar-refractivity contribution in [3.63, 3.8) is 0 Å². The lowest BCUT2D eigenvalue weighted by Crippen LogP contribution is -2.49. The fourth-order valence-corrected chi connectivity index (χ4v) is 4.78. The standard InChI is InChI=1S/C23H20Cl2N8O4/c1-27-32-23(26)28-9-17(22(36)37)30-20(34)18-15(24)6-13-10-33(5-4-14(13)19(18)25)21(35)11-2-3-12-8-29-31-16(12)7-11/h2-3,6-8,17H,4-5,9-10H2,(H,29,31)(H,30,34)(H,36,37)(H3,26,28,32)/t17-/m0/s1. The van der Waals surface area contributed by atoms with Crippen LogP contribution in [0.3, 0.4) is 0 Å². The van der Waals surface area contributed by atoms with Gasteiger partial charge in [0.15, 0.2) is 0 Å². The first-order chi connectivity index (χ1) is 17.7. The molecule has 0 bridgehead atoms. The van der Waals surface area contributed by atoms with E-state index in [0.29, 0.717) is 29.7 Å². The van der Waals surface area contributed by atoms with E-state index in [1.165, 1.54) is 0 Å². The van der Waals surface area contributed by atoms with Gasteiger partial charge in [-0.1, -0.05) is 29.3 Å².